The van der Waals surface area contributed by atoms with Crippen LogP contribution in [0.3, 0.4) is 0 Å². The van der Waals surface area contributed by atoms with Gasteiger partial charge in [-0.3, -0.25) is 4.79 Å². The first-order chi connectivity index (χ1) is 9.76. The number of ether oxygens (including phenoxy) is 1. The molecule has 0 heterocycles. The SMILES string of the molecule is CCC(=O)N[C@](C)(C(=O)OC)[C@@H](C)c1ccc(N)c(F)c1. The molecule has 0 saturated carbocycles. The summed E-state index contributed by atoms with van der Waals surface area (Å²) in [6.45, 7) is 4.96. The Hall–Kier alpha value is -2.11. The Morgan fingerprint density at radius 3 is 2.57 bits per heavy atom. The van der Waals surface area contributed by atoms with E-state index in [0.29, 0.717) is 5.56 Å². The average Bonchev–Trinajstić information content (AvgIpc) is 2.47. The van der Waals surface area contributed by atoms with Gasteiger partial charge >= 0.3 is 5.97 Å². The van der Waals surface area contributed by atoms with Gasteiger partial charge in [0.15, 0.2) is 0 Å². The van der Waals surface area contributed by atoms with Crippen LogP contribution in [-0.2, 0) is 14.3 Å². The van der Waals surface area contributed by atoms with Crippen molar-refractivity contribution in [3.8, 4) is 0 Å². The van der Waals surface area contributed by atoms with Crippen LogP contribution in [0.4, 0.5) is 10.1 Å². The molecule has 2 atom stereocenters. The van der Waals surface area contributed by atoms with Gasteiger partial charge in [0.2, 0.25) is 5.91 Å². The van der Waals surface area contributed by atoms with E-state index >= 15 is 0 Å². The molecule has 1 rings (SSSR count). The molecule has 1 aromatic rings. The first-order valence-electron chi connectivity index (χ1n) is 6.70. The highest BCUT2D eigenvalue weighted by molar-refractivity contribution is 5.88. The molecule has 0 saturated heterocycles. The summed E-state index contributed by atoms with van der Waals surface area (Å²) in [6.07, 6.45) is 0.232. The number of hydrogen-bond donors (Lipinski definition) is 2. The van der Waals surface area contributed by atoms with Crippen molar-refractivity contribution in [2.24, 2.45) is 0 Å². The molecule has 3 N–H and O–H groups in total. The number of nitrogens with two attached hydrogens (primary N) is 1. The van der Waals surface area contributed by atoms with E-state index in [9.17, 15) is 14.0 Å². The van der Waals surface area contributed by atoms with Crippen LogP contribution in [0.2, 0.25) is 0 Å². The number of rotatable bonds is 5. The Kier molecular flexibility index (Phi) is 5.29. The molecule has 1 aromatic carbocycles. The molecule has 0 spiro atoms. The Bertz CT molecular complexity index is 548. The van der Waals surface area contributed by atoms with Crippen LogP contribution >= 0.6 is 0 Å². The van der Waals surface area contributed by atoms with E-state index in [1.54, 1.807) is 26.8 Å². The zero-order valence-corrected chi connectivity index (χ0v) is 12.7. The first kappa shape index (κ1) is 16.9. The van der Waals surface area contributed by atoms with Crippen LogP contribution in [0.5, 0.6) is 0 Å². The number of anilines is 1. The number of methoxy groups -OCH3 is 1. The second-order valence-corrected chi connectivity index (χ2v) is 5.10. The van der Waals surface area contributed by atoms with Gasteiger partial charge in [-0.1, -0.05) is 19.9 Å². The number of halogens is 1. The molecule has 5 nitrogen and oxygen atoms in total. The highest BCUT2D eigenvalue weighted by Gasteiger charge is 2.42. The van der Waals surface area contributed by atoms with Crippen molar-refractivity contribution in [2.45, 2.75) is 38.6 Å². The highest BCUT2D eigenvalue weighted by Crippen LogP contribution is 2.30. The summed E-state index contributed by atoms with van der Waals surface area (Å²) in [5.74, 6) is -1.93. The van der Waals surface area contributed by atoms with Gasteiger partial charge in [0, 0.05) is 12.3 Å². The van der Waals surface area contributed by atoms with Crippen LogP contribution in [0.15, 0.2) is 18.2 Å². The predicted molar refractivity (Wildman–Crippen MR) is 78.1 cm³/mol. The number of benzene rings is 1. The van der Waals surface area contributed by atoms with Crippen molar-refractivity contribution in [1.29, 1.82) is 0 Å². The number of nitrogens with one attached hydrogen (secondary N) is 1. The van der Waals surface area contributed by atoms with Gasteiger partial charge in [0.05, 0.1) is 12.8 Å². The lowest BCUT2D eigenvalue weighted by molar-refractivity contribution is -0.151. The van der Waals surface area contributed by atoms with Gasteiger partial charge < -0.3 is 15.8 Å². The van der Waals surface area contributed by atoms with Gasteiger partial charge in [0.1, 0.15) is 11.4 Å². The Balaban J connectivity index is 3.21. The molecule has 0 aromatic heterocycles. The number of carbonyl (C=O) groups excluding carboxylic acids is 2. The minimum Gasteiger partial charge on any atom is -0.467 e. The van der Waals surface area contributed by atoms with Crippen molar-refractivity contribution in [3.05, 3.63) is 29.6 Å². The monoisotopic (exact) mass is 296 g/mol. The smallest absolute Gasteiger partial charge is 0.331 e. The molecule has 0 unspecified atom stereocenters. The number of esters is 1. The summed E-state index contributed by atoms with van der Waals surface area (Å²) in [7, 11) is 1.25. The van der Waals surface area contributed by atoms with Gasteiger partial charge in [-0.15, -0.1) is 0 Å². The zero-order valence-electron chi connectivity index (χ0n) is 12.7. The lowest BCUT2D eigenvalue weighted by atomic mass is 9.81. The maximum Gasteiger partial charge on any atom is 0.331 e. The quantitative estimate of drug-likeness (QED) is 0.643. The summed E-state index contributed by atoms with van der Waals surface area (Å²) in [5, 5.41) is 2.66. The van der Waals surface area contributed by atoms with Crippen molar-refractivity contribution < 1.29 is 18.7 Å². The fourth-order valence-electron chi connectivity index (χ4n) is 2.07. The predicted octanol–water partition coefficient (Wildman–Crippen LogP) is 1.97. The summed E-state index contributed by atoms with van der Waals surface area (Å²) < 4.78 is 18.4. The molecule has 0 bridgehead atoms. The maximum absolute atomic E-state index is 13.6. The largest absolute Gasteiger partial charge is 0.467 e. The van der Waals surface area contributed by atoms with E-state index in [0.717, 1.165) is 0 Å². The van der Waals surface area contributed by atoms with Crippen molar-refractivity contribution in [3.63, 3.8) is 0 Å². The number of amides is 1. The summed E-state index contributed by atoms with van der Waals surface area (Å²) in [4.78, 5) is 23.8. The molecular formula is C15H21FN2O3. The van der Waals surface area contributed by atoms with E-state index in [-0.39, 0.29) is 18.0 Å². The van der Waals surface area contributed by atoms with Gasteiger partial charge in [-0.2, -0.15) is 0 Å². The number of hydrogen-bond acceptors (Lipinski definition) is 4. The van der Waals surface area contributed by atoms with Crippen LogP contribution in [-0.4, -0.2) is 24.5 Å². The molecule has 21 heavy (non-hydrogen) atoms. The molecule has 1 amide bonds. The van der Waals surface area contributed by atoms with E-state index in [2.05, 4.69) is 5.32 Å². The third-order valence-electron chi connectivity index (χ3n) is 3.72. The van der Waals surface area contributed by atoms with Gasteiger partial charge in [-0.25, -0.2) is 9.18 Å². The summed E-state index contributed by atoms with van der Waals surface area (Å²) in [5.41, 5.74) is 4.74. The van der Waals surface area contributed by atoms with E-state index in [1.165, 1.54) is 19.2 Å². The van der Waals surface area contributed by atoms with E-state index in [1.807, 2.05) is 0 Å². The number of nitrogen functional groups attached to an aromatic ring is 1. The Morgan fingerprint density at radius 1 is 1.48 bits per heavy atom. The van der Waals surface area contributed by atoms with Gasteiger partial charge in [-0.05, 0) is 24.6 Å². The average molecular weight is 296 g/mol. The lowest BCUT2D eigenvalue weighted by Crippen LogP contribution is -2.56. The van der Waals surface area contributed by atoms with Crippen molar-refractivity contribution >= 4 is 17.6 Å². The van der Waals surface area contributed by atoms with Gasteiger partial charge in [0.25, 0.3) is 0 Å². The topological polar surface area (TPSA) is 81.4 Å². The van der Waals surface area contributed by atoms with Crippen LogP contribution in [0.1, 0.15) is 38.7 Å². The highest BCUT2D eigenvalue weighted by atomic mass is 19.1. The third-order valence-corrected chi connectivity index (χ3v) is 3.72. The zero-order chi connectivity index (χ0) is 16.2. The molecule has 0 fully saturated rings. The van der Waals surface area contributed by atoms with Crippen LogP contribution in [0, 0.1) is 5.82 Å². The van der Waals surface area contributed by atoms with E-state index in [4.69, 9.17) is 10.5 Å². The van der Waals surface area contributed by atoms with E-state index < -0.39 is 23.2 Å². The minimum atomic E-state index is -1.29. The molecule has 0 aliphatic rings. The molecule has 116 valence electrons. The molecule has 0 aliphatic carbocycles. The Labute approximate surface area is 123 Å². The third kappa shape index (κ3) is 3.51. The minimum absolute atomic E-state index is 0.0308. The lowest BCUT2D eigenvalue weighted by Gasteiger charge is -2.34. The maximum atomic E-state index is 13.6. The molecule has 0 radical (unpaired) electrons. The molecule has 0 aliphatic heterocycles. The number of carbonyl (C=O) groups is 2. The molecule has 6 heteroatoms. The van der Waals surface area contributed by atoms with Crippen molar-refractivity contribution in [1.82, 2.24) is 5.32 Å². The summed E-state index contributed by atoms with van der Waals surface area (Å²) >= 11 is 0. The molecular weight excluding hydrogens is 275 g/mol. The van der Waals surface area contributed by atoms with Crippen LogP contribution in [0.25, 0.3) is 0 Å². The first-order valence-corrected chi connectivity index (χ1v) is 6.70. The normalized spacial score (nSPS) is 14.9. The Morgan fingerprint density at radius 2 is 2.10 bits per heavy atom. The van der Waals surface area contributed by atoms with Crippen molar-refractivity contribution in [2.75, 3.05) is 12.8 Å². The summed E-state index contributed by atoms with van der Waals surface area (Å²) in [6, 6.07) is 4.32. The second-order valence-electron chi connectivity index (χ2n) is 5.10. The van der Waals surface area contributed by atoms with Crippen LogP contribution < -0.4 is 11.1 Å². The second kappa shape index (κ2) is 6.56. The standard InChI is InChI=1S/C15H21FN2O3/c1-5-13(19)18-15(3,14(20)21-4)9(2)10-6-7-12(17)11(16)8-10/h6-9H,5,17H2,1-4H3,(H,18,19)/t9-,15-/m0/s1. The fraction of sp³-hybridized carbons (Fsp3) is 0.467. The fourth-order valence-corrected chi connectivity index (χ4v) is 2.07.